The average Bonchev–Trinajstić information content (AvgIpc) is 2.81. The summed E-state index contributed by atoms with van der Waals surface area (Å²) in [4.78, 5) is 27.2. The lowest BCUT2D eigenvalue weighted by Crippen LogP contribution is -2.49. The van der Waals surface area contributed by atoms with Crippen LogP contribution in [0.15, 0.2) is 54.6 Å². The Hall–Kier alpha value is -2.37. The van der Waals surface area contributed by atoms with Crippen LogP contribution in [0.1, 0.15) is 48.0 Å². The highest BCUT2D eigenvalue weighted by Crippen LogP contribution is 2.27. The lowest BCUT2D eigenvalue weighted by molar-refractivity contribution is -0.122. The van der Waals surface area contributed by atoms with Gasteiger partial charge in [0.1, 0.15) is 11.6 Å². The van der Waals surface area contributed by atoms with E-state index in [2.05, 4.69) is 10.2 Å². The number of hydrogen-bond donors (Lipinski definition) is 1. The average molecular weight is 437 g/mol. The summed E-state index contributed by atoms with van der Waals surface area (Å²) < 4.78 is 13.2. The lowest BCUT2D eigenvalue weighted by Gasteiger charge is -2.39. The minimum absolute atomic E-state index is 0.0568. The van der Waals surface area contributed by atoms with E-state index in [1.54, 1.807) is 12.1 Å². The molecule has 170 valence electrons. The normalized spacial score (nSPS) is 24.4. The van der Waals surface area contributed by atoms with Gasteiger partial charge >= 0.3 is 0 Å². The van der Waals surface area contributed by atoms with Gasteiger partial charge in [-0.2, -0.15) is 0 Å². The number of nitrogens with one attached hydrogen (secondary N) is 1. The minimum Gasteiger partial charge on any atom is -0.306 e. The third-order valence-corrected chi connectivity index (χ3v) is 6.96. The van der Waals surface area contributed by atoms with Gasteiger partial charge in [-0.15, -0.1) is 0 Å². The Bertz CT molecular complexity index is 900. The second-order valence-corrected chi connectivity index (χ2v) is 9.42. The van der Waals surface area contributed by atoms with Crippen molar-refractivity contribution in [3.05, 3.63) is 71.5 Å². The summed E-state index contributed by atoms with van der Waals surface area (Å²) in [5, 5.41) is 3.41. The van der Waals surface area contributed by atoms with Crippen LogP contribution >= 0.6 is 0 Å². The maximum absolute atomic E-state index is 13.2. The molecule has 4 rings (SSSR count). The van der Waals surface area contributed by atoms with Gasteiger partial charge in [-0.1, -0.05) is 42.5 Å². The van der Waals surface area contributed by atoms with Crippen LogP contribution in [0.4, 0.5) is 4.39 Å². The topological polar surface area (TPSA) is 49.4 Å². The monoisotopic (exact) mass is 436 g/mol. The Morgan fingerprint density at radius 3 is 2.62 bits per heavy atom. The molecule has 3 atom stereocenters. The maximum Gasteiger partial charge on any atom is 0.176 e. The number of rotatable bonds is 8. The summed E-state index contributed by atoms with van der Waals surface area (Å²) >= 11 is 0. The van der Waals surface area contributed by atoms with Crippen LogP contribution in [-0.4, -0.2) is 48.7 Å². The molecule has 5 heteroatoms. The first-order valence-electron chi connectivity index (χ1n) is 11.9. The largest absolute Gasteiger partial charge is 0.306 e. The molecule has 2 aromatic carbocycles. The van der Waals surface area contributed by atoms with Gasteiger partial charge in [0.05, 0.1) is 6.54 Å². The molecule has 32 heavy (non-hydrogen) atoms. The standard InChI is InChI=1S/C27H33FN2O2/c28-24-11-8-20(9-12-24)15-21-5-4-14-30(18-21)19-23-10-13-25(31)16-26(23)29-17-27(32)22-6-2-1-3-7-22/h1-3,6-9,11-12,21,23,26,29H,4-5,10,13-19H2/t21-,23-,26-/m0/s1. The van der Waals surface area contributed by atoms with Crippen LogP contribution in [0.25, 0.3) is 0 Å². The van der Waals surface area contributed by atoms with Crippen molar-refractivity contribution in [3.63, 3.8) is 0 Å². The molecule has 0 radical (unpaired) electrons. The highest BCUT2D eigenvalue weighted by molar-refractivity contribution is 5.97. The van der Waals surface area contributed by atoms with Crippen LogP contribution in [0.5, 0.6) is 0 Å². The molecular weight excluding hydrogens is 403 g/mol. The molecule has 4 nitrogen and oxygen atoms in total. The highest BCUT2D eigenvalue weighted by atomic mass is 19.1. The van der Waals surface area contributed by atoms with Crippen molar-refractivity contribution in [1.29, 1.82) is 0 Å². The summed E-state index contributed by atoms with van der Waals surface area (Å²) in [6.07, 6.45) is 5.39. The molecule has 1 heterocycles. The Kier molecular flexibility index (Phi) is 7.82. The Morgan fingerprint density at radius 1 is 1.06 bits per heavy atom. The van der Waals surface area contributed by atoms with Crippen molar-refractivity contribution < 1.29 is 14.0 Å². The summed E-state index contributed by atoms with van der Waals surface area (Å²) in [6.45, 7) is 3.35. The Labute approximate surface area is 190 Å². The van der Waals surface area contributed by atoms with Gasteiger partial charge in [0.15, 0.2) is 5.78 Å². The number of likely N-dealkylation sites (tertiary alicyclic amines) is 1. The summed E-state index contributed by atoms with van der Waals surface area (Å²) in [7, 11) is 0. The predicted octanol–water partition coefficient (Wildman–Crippen LogP) is 4.29. The molecule has 2 aromatic rings. The zero-order valence-electron chi connectivity index (χ0n) is 18.6. The molecular formula is C27H33FN2O2. The summed E-state index contributed by atoms with van der Waals surface area (Å²) in [5.41, 5.74) is 1.90. The van der Waals surface area contributed by atoms with Gasteiger partial charge in [-0.25, -0.2) is 4.39 Å². The molecule has 2 fully saturated rings. The van der Waals surface area contributed by atoms with Gasteiger partial charge < -0.3 is 10.2 Å². The summed E-state index contributed by atoms with van der Waals surface area (Å²) in [5.74, 6) is 1.12. The van der Waals surface area contributed by atoms with E-state index in [0.29, 0.717) is 36.0 Å². The van der Waals surface area contributed by atoms with Crippen molar-refractivity contribution in [3.8, 4) is 0 Å². The zero-order chi connectivity index (χ0) is 22.3. The number of benzene rings is 2. The second kappa shape index (κ2) is 11.0. The third kappa shape index (κ3) is 6.33. The molecule has 0 bridgehead atoms. The molecule has 1 saturated heterocycles. The van der Waals surface area contributed by atoms with Crippen molar-refractivity contribution in [2.45, 2.75) is 44.6 Å². The lowest BCUT2D eigenvalue weighted by atomic mass is 9.82. The number of Topliss-reactive ketones (excluding diaryl/α,β-unsaturated/α-hetero) is 2. The molecule has 0 amide bonds. The predicted molar refractivity (Wildman–Crippen MR) is 124 cm³/mol. The van der Waals surface area contributed by atoms with Crippen LogP contribution in [-0.2, 0) is 11.2 Å². The van der Waals surface area contributed by atoms with Gasteiger partial charge in [0.2, 0.25) is 0 Å². The quantitative estimate of drug-likeness (QED) is 0.627. The first-order valence-corrected chi connectivity index (χ1v) is 11.9. The molecule has 0 unspecified atom stereocenters. The van der Waals surface area contributed by atoms with E-state index in [1.807, 2.05) is 42.5 Å². The fourth-order valence-corrected chi connectivity index (χ4v) is 5.24. The van der Waals surface area contributed by atoms with E-state index in [4.69, 9.17) is 0 Å². The van der Waals surface area contributed by atoms with Crippen molar-refractivity contribution in [2.24, 2.45) is 11.8 Å². The van der Waals surface area contributed by atoms with E-state index in [-0.39, 0.29) is 24.2 Å². The smallest absolute Gasteiger partial charge is 0.176 e. The minimum atomic E-state index is -0.185. The number of halogens is 1. The van der Waals surface area contributed by atoms with Crippen LogP contribution < -0.4 is 5.32 Å². The second-order valence-electron chi connectivity index (χ2n) is 9.42. The Balaban J connectivity index is 1.31. The van der Waals surface area contributed by atoms with Crippen LogP contribution in [0.3, 0.4) is 0 Å². The third-order valence-electron chi connectivity index (χ3n) is 6.96. The number of carbonyl (C=O) groups excluding carboxylic acids is 2. The number of nitrogens with zero attached hydrogens (tertiary/aromatic N) is 1. The van der Waals surface area contributed by atoms with E-state index in [0.717, 1.165) is 32.5 Å². The fraction of sp³-hybridized carbons (Fsp3) is 0.481. The van der Waals surface area contributed by atoms with Crippen molar-refractivity contribution in [1.82, 2.24) is 10.2 Å². The van der Waals surface area contributed by atoms with Gasteiger partial charge in [0.25, 0.3) is 0 Å². The fourth-order valence-electron chi connectivity index (χ4n) is 5.24. The van der Waals surface area contributed by atoms with E-state index < -0.39 is 0 Å². The molecule has 1 aliphatic carbocycles. The van der Waals surface area contributed by atoms with Crippen molar-refractivity contribution >= 4 is 11.6 Å². The van der Waals surface area contributed by atoms with E-state index >= 15 is 0 Å². The Morgan fingerprint density at radius 2 is 1.84 bits per heavy atom. The first kappa shape index (κ1) is 22.8. The van der Waals surface area contributed by atoms with Gasteiger partial charge in [0, 0.05) is 37.5 Å². The molecule has 1 saturated carbocycles. The van der Waals surface area contributed by atoms with Crippen molar-refractivity contribution in [2.75, 3.05) is 26.2 Å². The SMILES string of the molecule is O=C1CC[C@@H](CN2CCC[C@@H](Cc3ccc(F)cc3)C2)[C@@H](NCC(=O)c2ccccc2)C1. The molecule has 2 aliphatic rings. The number of hydrogen-bond acceptors (Lipinski definition) is 4. The highest BCUT2D eigenvalue weighted by Gasteiger charge is 2.32. The molecule has 0 spiro atoms. The van der Waals surface area contributed by atoms with Gasteiger partial charge in [-0.05, 0) is 61.8 Å². The van der Waals surface area contributed by atoms with Gasteiger partial charge in [-0.3, -0.25) is 9.59 Å². The van der Waals surface area contributed by atoms with Crippen LogP contribution in [0.2, 0.25) is 0 Å². The number of carbonyl (C=O) groups is 2. The molecule has 1 aliphatic heterocycles. The maximum atomic E-state index is 13.2. The number of ketones is 2. The van der Waals surface area contributed by atoms with Crippen LogP contribution in [0, 0.1) is 17.7 Å². The zero-order valence-corrected chi connectivity index (χ0v) is 18.6. The molecule has 1 N–H and O–H groups in total. The molecule has 0 aromatic heterocycles. The van der Waals surface area contributed by atoms with E-state index in [9.17, 15) is 14.0 Å². The van der Waals surface area contributed by atoms with E-state index in [1.165, 1.54) is 18.4 Å². The first-order chi connectivity index (χ1) is 15.6. The summed E-state index contributed by atoms with van der Waals surface area (Å²) in [6, 6.07) is 16.3. The number of piperidine rings is 1.